The first-order valence-electron chi connectivity index (χ1n) is 9.60. The fraction of sp³-hybridized carbons (Fsp3) is 0.350. The molecule has 14 heteroatoms. The van der Waals surface area contributed by atoms with Crippen molar-refractivity contribution in [2.45, 2.75) is 30.9 Å². The van der Waals surface area contributed by atoms with Crippen LogP contribution in [0.1, 0.15) is 25.8 Å². The zero-order valence-electron chi connectivity index (χ0n) is 16.9. The molecule has 34 heavy (non-hydrogen) atoms. The third-order valence-electron chi connectivity index (χ3n) is 5.37. The summed E-state index contributed by atoms with van der Waals surface area (Å²) in [6.07, 6.45) is -9.27. The van der Waals surface area contributed by atoms with Crippen LogP contribution in [0.4, 0.5) is 32.0 Å². The molecule has 0 radical (unpaired) electrons. The van der Waals surface area contributed by atoms with Crippen molar-refractivity contribution < 1.29 is 50.7 Å². The van der Waals surface area contributed by atoms with Gasteiger partial charge in [-0.25, -0.2) is 0 Å². The fourth-order valence-corrected chi connectivity index (χ4v) is 4.95. The molecule has 3 heterocycles. The molecule has 3 atom stereocenters. The molecule has 2 saturated heterocycles. The van der Waals surface area contributed by atoms with Crippen LogP contribution in [0.3, 0.4) is 0 Å². The number of likely N-dealkylation sites (tertiary alicyclic amines) is 1. The molecule has 2 bridgehead atoms. The van der Waals surface area contributed by atoms with Gasteiger partial charge in [0, 0.05) is 23.6 Å². The van der Waals surface area contributed by atoms with Crippen molar-refractivity contribution in [3.63, 3.8) is 0 Å². The lowest BCUT2D eigenvalue weighted by Gasteiger charge is -2.31. The van der Waals surface area contributed by atoms with Crippen molar-refractivity contribution in [3.8, 4) is 0 Å². The van der Waals surface area contributed by atoms with Crippen molar-refractivity contribution in [2.24, 2.45) is 0 Å². The van der Waals surface area contributed by atoms with Crippen LogP contribution in [0, 0.1) is 0 Å². The number of fused-ring (bicyclic) bond motifs is 2. The number of ketones is 1. The summed E-state index contributed by atoms with van der Waals surface area (Å²) in [5.41, 5.74) is 1.12. The van der Waals surface area contributed by atoms with Crippen molar-refractivity contribution in [2.75, 3.05) is 13.1 Å². The average Bonchev–Trinajstić information content (AvgIpc) is 3.48. The summed E-state index contributed by atoms with van der Waals surface area (Å²) in [5, 5.41) is 9.45. The van der Waals surface area contributed by atoms with Crippen LogP contribution in [0.25, 0.3) is 0 Å². The maximum absolute atomic E-state index is 12.7. The average molecular weight is 529 g/mol. The van der Waals surface area contributed by atoms with E-state index >= 15 is 0 Å². The van der Waals surface area contributed by atoms with E-state index in [4.69, 9.17) is 21.5 Å². The molecule has 4 rings (SSSR count). The number of quaternary nitrogens is 1. The number of nitrogens with zero attached hydrogens (tertiary/aromatic N) is 1. The van der Waals surface area contributed by atoms with Gasteiger partial charge in [-0.3, -0.25) is 14.5 Å². The van der Waals surface area contributed by atoms with Gasteiger partial charge in [0.25, 0.3) is 11.7 Å². The Labute approximate surface area is 197 Å². The molecule has 1 aromatic carbocycles. The molecule has 1 unspecified atom stereocenters. The lowest BCUT2D eigenvalue weighted by molar-refractivity contribution is -0.850. The first-order chi connectivity index (χ1) is 15.7. The number of hydrogen-bond acceptors (Lipinski definition) is 5. The van der Waals surface area contributed by atoms with E-state index in [-0.39, 0.29) is 22.9 Å². The lowest BCUT2D eigenvalue weighted by atomic mass is 10.2. The maximum atomic E-state index is 12.7. The Balaban J connectivity index is 0.000000406. The van der Waals surface area contributed by atoms with Gasteiger partial charge in [-0.1, -0.05) is 11.6 Å². The standard InChI is InChI=1S/C18H14ClF3N2O2S.C2HF3O2/c19-10-1-3-11(4-2-10)23-8-13-7-12(23)9-24(13)17(26)15-6-5-14(27-15)16(25)18(20,21)22;3-2(4,5)1(6)7/h1-6,12-13H,7-9H2;(H,6,7)/t12-,13-;/m0./s1. The Morgan fingerprint density at radius 3 is 2.00 bits per heavy atom. The van der Waals surface area contributed by atoms with Crippen LogP contribution in [0.5, 0.6) is 0 Å². The molecule has 6 nitrogen and oxygen atoms in total. The highest BCUT2D eigenvalue weighted by atomic mass is 35.5. The van der Waals surface area contributed by atoms with Gasteiger partial charge >= 0.3 is 12.4 Å². The summed E-state index contributed by atoms with van der Waals surface area (Å²) >= 11 is 6.53. The zero-order chi connectivity index (χ0) is 25.4. The summed E-state index contributed by atoms with van der Waals surface area (Å²) in [4.78, 5) is 35.6. The van der Waals surface area contributed by atoms with E-state index in [1.54, 1.807) is 4.90 Å². The highest BCUT2D eigenvalue weighted by Crippen LogP contribution is 2.30. The zero-order valence-corrected chi connectivity index (χ0v) is 18.4. The number of carbonyl (C=O) groups is 3. The van der Waals surface area contributed by atoms with E-state index in [9.17, 15) is 35.9 Å². The molecule has 1 amide bonds. The van der Waals surface area contributed by atoms with E-state index in [0.717, 1.165) is 24.7 Å². The number of benzene rings is 1. The summed E-state index contributed by atoms with van der Waals surface area (Å²) in [7, 11) is 0. The summed E-state index contributed by atoms with van der Waals surface area (Å²) in [5.74, 6) is -5.22. The predicted octanol–water partition coefficient (Wildman–Crippen LogP) is 2.26. The summed E-state index contributed by atoms with van der Waals surface area (Å²) < 4.78 is 69.2. The second-order valence-corrected chi connectivity index (χ2v) is 9.08. The minimum absolute atomic E-state index is 0.0389. The number of alkyl halides is 6. The van der Waals surface area contributed by atoms with E-state index < -0.39 is 29.0 Å². The second-order valence-electron chi connectivity index (χ2n) is 7.56. The Morgan fingerprint density at radius 1 is 0.971 bits per heavy atom. The molecule has 0 aliphatic carbocycles. The van der Waals surface area contributed by atoms with Crippen LogP contribution in [-0.4, -0.2) is 60.1 Å². The van der Waals surface area contributed by atoms with Crippen LogP contribution in [0.15, 0.2) is 36.4 Å². The largest absolute Gasteiger partial charge is 0.542 e. The number of halogens is 7. The molecule has 2 aromatic rings. The topological polar surface area (TPSA) is 81.9 Å². The number of thiophene rings is 1. The number of rotatable bonds is 3. The van der Waals surface area contributed by atoms with E-state index in [2.05, 4.69) is 0 Å². The van der Waals surface area contributed by atoms with Crippen LogP contribution >= 0.6 is 22.9 Å². The highest BCUT2D eigenvalue weighted by molar-refractivity contribution is 7.16. The van der Waals surface area contributed by atoms with Gasteiger partial charge in [-0.2, -0.15) is 26.3 Å². The molecule has 0 spiro atoms. The molecule has 1 N–H and O–H groups in total. The normalized spacial score (nSPS) is 21.7. The van der Waals surface area contributed by atoms with Crippen molar-refractivity contribution in [3.05, 3.63) is 51.2 Å². The van der Waals surface area contributed by atoms with Crippen molar-refractivity contribution >= 4 is 46.3 Å². The molecule has 184 valence electrons. The van der Waals surface area contributed by atoms with Gasteiger partial charge in [0.1, 0.15) is 24.2 Å². The first-order valence-corrected chi connectivity index (χ1v) is 10.8. The molecule has 2 aliphatic heterocycles. The van der Waals surface area contributed by atoms with E-state index in [1.165, 1.54) is 11.0 Å². The van der Waals surface area contributed by atoms with E-state index in [1.807, 2.05) is 24.3 Å². The van der Waals surface area contributed by atoms with Gasteiger partial charge in [0.05, 0.1) is 22.3 Å². The van der Waals surface area contributed by atoms with Gasteiger partial charge < -0.3 is 14.8 Å². The number of carbonyl (C=O) groups excluding carboxylic acids is 3. The van der Waals surface area contributed by atoms with Crippen molar-refractivity contribution in [1.29, 1.82) is 0 Å². The molecular weight excluding hydrogens is 514 g/mol. The molecule has 2 fully saturated rings. The van der Waals surface area contributed by atoms with Gasteiger partial charge in [-0.15, -0.1) is 11.3 Å². The predicted molar refractivity (Wildman–Crippen MR) is 106 cm³/mol. The monoisotopic (exact) mass is 528 g/mol. The highest BCUT2D eigenvalue weighted by Gasteiger charge is 2.50. The number of amides is 1. The first kappa shape index (κ1) is 26.0. The number of aliphatic carboxylic acids is 1. The quantitative estimate of drug-likeness (QED) is 0.489. The number of hydrogen-bond donors (Lipinski definition) is 1. The minimum atomic E-state index is -5.19. The van der Waals surface area contributed by atoms with Crippen molar-refractivity contribution in [1.82, 2.24) is 4.90 Å². The van der Waals surface area contributed by atoms with Crippen LogP contribution in [-0.2, 0) is 4.79 Å². The summed E-state index contributed by atoms with van der Waals surface area (Å²) in [6.45, 7) is 1.29. The van der Waals surface area contributed by atoms with Gasteiger partial charge in [-0.05, 0) is 24.3 Å². The Kier molecular flexibility index (Phi) is 7.29. The summed E-state index contributed by atoms with van der Waals surface area (Å²) in [6, 6.07) is 10.3. The molecule has 2 aliphatic rings. The van der Waals surface area contributed by atoms with E-state index in [0.29, 0.717) is 22.9 Å². The Hall–Kier alpha value is -2.64. The number of carboxylic acid groups (broad SMARTS) is 1. The van der Waals surface area contributed by atoms with Crippen LogP contribution in [0.2, 0.25) is 5.02 Å². The SMILES string of the molecule is O=C([O-])C(F)(F)F.O=C(c1ccc(C(=O)C(F)(F)F)s1)N1C[C@@H]2C[C@H]1C[NH+]2c1ccc(Cl)cc1. The van der Waals surface area contributed by atoms with Gasteiger partial charge in [0.2, 0.25) is 0 Å². The lowest BCUT2D eigenvalue weighted by Crippen LogP contribution is -3.11. The number of Topliss-reactive ketones (excluding diaryl/α,β-unsaturated/α-hetero) is 1. The third-order valence-corrected chi connectivity index (χ3v) is 6.69. The van der Waals surface area contributed by atoms with Gasteiger partial charge in [0.15, 0.2) is 0 Å². The maximum Gasteiger partial charge on any atom is 0.455 e. The number of carboxylic acids is 1. The molecule has 0 saturated carbocycles. The Morgan fingerprint density at radius 2 is 1.53 bits per heavy atom. The fourth-order valence-electron chi connectivity index (χ4n) is 3.91. The number of nitrogens with one attached hydrogen (secondary N) is 1. The second kappa shape index (κ2) is 9.55. The third kappa shape index (κ3) is 5.70. The smallest absolute Gasteiger partial charge is 0.455 e. The molecular formula is C20H15ClF6N2O4S. The van der Waals surface area contributed by atoms with Crippen LogP contribution < -0.4 is 10.0 Å². The molecule has 1 aromatic heterocycles. The Bertz CT molecular complexity index is 1090. The minimum Gasteiger partial charge on any atom is -0.542 e. The number of piperazine rings is 1.